The number of hydrazone groups is 1. The quantitative estimate of drug-likeness (QED) is 0.542. The summed E-state index contributed by atoms with van der Waals surface area (Å²) in [7, 11) is 0. The lowest BCUT2D eigenvalue weighted by Gasteiger charge is -2.31. The maximum atomic E-state index is 13.7. The van der Waals surface area contributed by atoms with Gasteiger partial charge < -0.3 is 9.64 Å². The SMILES string of the molecule is Cc1ccc(C2=NN(C(=O)CN(CCN3CCOCC3)C(=O)C(C)C)C(c3ccc(F)cc3)C2)cc1C. The number of hydrogen-bond donors (Lipinski definition) is 0. The molecule has 0 aromatic heterocycles. The van der Waals surface area contributed by atoms with Crippen LogP contribution in [0.5, 0.6) is 0 Å². The van der Waals surface area contributed by atoms with Crippen LogP contribution in [0.4, 0.5) is 4.39 Å². The van der Waals surface area contributed by atoms with Gasteiger partial charge in [-0.1, -0.05) is 38.1 Å². The molecule has 198 valence electrons. The zero-order valence-electron chi connectivity index (χ0n) is 22.2. The molecule has 0 saturated carbocycles. The molecule has 1 atom stereocenters. The minimum Gasteiger partial charge on any atom is -0.379 e. The van der Waals surface area contributed by atoms with E-state index in [4.69, 9.17) is 9.84 Å². The summed E-state index contributed by atoms with van der Waals surface area (Å²) in [5.41, 5.74) is 4.93. The molecule has 0 bridgehead atoms. The van der Waals surface area contributed by atoms with Gasteiger partial charge >= 0.3 is 0 Å². The third kappa shape index (κ3) is 6.62. The molecule has 1 saturated heterocycles. The third-order valence-electron chi connectivity index (χ3n) is 7.18. The van der Waals surface area contributed by atoms with Crippen LogP contribution in [0.1, 0.15) is 48.6 Å². The highest BCUT2D eigenvalue weighted by Crippen LogP contribution is 2.33. The van der Waals surface area contributed by atoms with E-state index in [0.717, 1.165) is 35.5 Å². The minimum absolute atomic E-state index is 0.0528. The van der Waals surface area contributed by atoms with E-state index in [1.165, 1.54) is 22.7 Å². The lowest BCUT2D eigenvalue weighted by atomic mass is 9.96. The summed E-state index contributed by atoms with van der Waals surface area (Å²) in [5.74, 6) is -0.855. The number of rotatable bonds is 8. The molecule has 0 N–H and O–H groups in total. The van der Waals surface area contributed by atoms with E-state index in [1.807, 2.05) is 19.9 Å². The number of aryl methyl sites for hydroxylation is 2. The maximum absolute atomic E-state index is 13.7. The first kappa shape index (κ1) is 26.9. The number of benzene rings is 2. The van der Waals surface area contributed by atoms with Gasteiger partial charge in [0.1, 0.15) is 12.4 Å². The van der Waals surface area contributed by atoms with Crippen molar-refractivity contribution < 1.29 is 18.7 Å². The number of morpholine rings is 1. The fourth-order valence-electron chi connectivity index (χ4n) is 4.74. The van der Waals surface area contributed by atoms with Crippen LogP contribution >= 0.6 is 0 Å². The molecule has 1 unspecified atom stereocenters. The summed E-state index contributed by atoms with van der Waals surface area (Å²) in [4.78, 5) is 30.6. The summed E-state index contributed by atoms with van der Waals surface area (Å²) in [6.45, 7) is 11.9. The van der Waals surface area contributed by atoms with Gasteiger partial charge in [-0.2, -0.15) is 5.10 Å². The molecule has 2 amide bonds. The summed E-state index contributed by atoms with van der Waals surface area (Å²) in [5, 5.41) is 6.25. The topological polar surface area (TPSA) is 65.5 Å². The van der Waals surface area contributed by atoms with E-state index in [-0.39, 0.29) is 36.1 Å². The summed E-state index contributed by atoms with van der Waals surface area (Å²) >= 11 is 0. The number of ether oxygens (including phenoxy) is 1. The van der Waals surface area contributed by atoms with Crippen LogP contribution in [0.15, 0.2) is 47.6 Å². The zero-order chi connectivity index (χ0) is 26.5. The van der Waals surface area contributed by atoms with Crippen LogP contribution in [0.2, 0.25) is 0 Å². The van der Waals surface area contributed by atoms with Crippen LogP contribution in [-0.2, 0) is 14.3 Å². The number of nitrogens with zero attached hydrogens (tertiary/aromatic N) is 4. The molecular weight excluding hydrogens is 471 g/mol. The highest BCUT2D eigenvalue weighted by molar-refractivity contribution is 6.03. The van der Waals surface area contributed by atoms with Crippen LogP contribution in [0.25, 0.3) is 0 Å². The number of carbonyl (C=O) groups excluding carboxylic acids is 2. The molecule has 8 heteroatoms. The van der Waals surface area contributed by atoms with Gasteiger partial charge in [0.05, 0.1) is 25.0 Å². The molecule has 4 rings (SSSR count). The molecule has 2 aromatic carbocycles. The zero-order valence-corrected chi connectivity index (χ0v) is 22.2. The van der Waals surface area contributed by atoms with Crippen molar-refractivity contribution in [2.75, 3.05) is 45.9 Å². The number of halogens is 1. The van der Waals surface area contributed by atoms with E-state index in [1.54, 1.807) is 17.0 Å². The molecule has 0 spiro atoms. The predicted molar refractivity (Wildman–Crippen MR) is 142 cm³/mol. The van der Waals surface area contributed by atoms with Crippen molar-refractivity contribution >= 4 is 17.5 Å². The normalized spacial score (nSPS) is 18.3. The number of carbonyl (C=O) groups is 2. The Morgan fingerprint density at radius 3 is 2.43 bits per heavy atom. The minimum atomic E-state index is -0.361. The molecule has 37 heavy (non-hydrogen) atoms. The Bertz CT molecular complexity index is 1140. The van der Waals surface area contributed by atoms with Crippen molar-refractivity contribution in [2.45, 2.75) is 40.2 Å². The monoisotopic (exact) mass is 508 g/mol. The molecule has 7 nitrogen and oxygen atoms in total. The van der Waals surface area contributed by atoms with E-state index >= 15 is 0 Å². The molecule has 2 aliphatic rings. The van der Waals surface area contributed by atoms with Crippen molar-refractivity contribution in [3.05, 3.63) is 70.5 Å². The summed E-state index contributed by atoms with van der Waals surface area (Å²) in [6.07, 6.45) is 0.520. The predicted octanol–water partition coefficient (Wildman–Crippen LogP) is 3.94. The Balaban J connectivity index is 1.57. The smallest absolute Gasteiger partial charge is 0.262 e. The van der Waals surface area contributed by atoms with Gasteiger partial charge in [-0.15, -0.1) is 0 Å². The highest BCUT2D eigenvalue weighted by atomic mass is 19.1. The molecule has 1 fully saturated rings. The fraction of sp³-hybridized carbons (Fsp3) is 0.483. The van der Waals surface area contributed by atoms with E-state index < -0.39 is 0 Å². The van der Waals surface area contributed by atoms with Gasteiger partial charge in [0.25, 0.3) is 5.91 Å². The van der Waals surface area contributed by atoms with Crippen molar-refractivity contribution in [2.24, 2.45) is 11.0 Å². The molecule has 2 aliphatic heterocycles. The Morgan fingerprint density at radius 1 is 1.08 bits per heavy atom. The van der Waals surface area contributed by atoms with Crippen LogP contribution < -0.4 is 0 Å². The Hall–Kier alpha value is -3.10. The first-order valence-corrected chi connectivity index (χ1v) is 13.0. The van der Waals surface area contributed by atoms with Gasteiger partial charge in [0, 0.05) is 38.5 Å². The van der Waals surface area contributed by atoms with E-state index in [9.17, 15) is 14.0 Å². The molecule has 0 aliphatic carbocycles. The van der Waals surface area contributed by atoms with Gasteiger partial charge in [-0.25, -0.2) is 9.40 Å². The van der Waals surface area contributed by atoms with Gasteiger partial charge in [0.2, 0.25) is 5.91 Å². The van der Waals surface area contributed by atoms with Gasteiger partial charge in [-0.05, 0) is 54.3 Å². The molecular formula is C29H37FN4O3. The Kier molecular flexibility index (Phi) is 8.71. The third-order valence-corrected chi connectivity index (χ3v) is 7.18. The van der Waals surface area contributed by atoms with Gasteiger partial charge in [0.15, 0.2) is 0 Å². The summed E-state index contributed by atoms with van der Waals surface area (Å²) < 4.78 is 19.1. The van der Waals surface area contributed by atoms with Crippen LogP contribution in [0, 0.1) is 25.6 Å². The first-order valence-electron chi connectivity index (χ1n) is 13.0. The lowest BCUT2D eigenvalue weighted by Crippen LogP contribution is -2.47. The molecule has 0 radical (unpaired) electrons. The van der Waals surface area contributed by atoms with Crippen LogP contribution in [-0.4, -0.2) is 78.3 Å². The number of hydrogen-bond acceptors (Lipinski definition) is 5. The lowest BCUT2D eigenvalue weighted by molar-refractivity contribution is -0.143. The summed E-state index contributed by atoms with van der Waals surface area (Å²) in [6, 6.07) is 12.0. The standard InChI is InChI=1S/C29H37FN4O3/c1-20(2)29(36)33(12-11-32-13-15-37-16-14-32)19-28(35)34-27(23-7-9-25(30)10-8-23)18-26(31-34)24-6-5-21(3)22(4)17-24/h5-10,17,20,27H,11-16,18-19H2,1-4H3. The number of amides is 2. The average molecular weight is 509 g/mol. The maximum Gasteiger partial charge on any atom is 0.262 e. The van der Waals surface area contributed by atoms with Gasteiger partial charge in [-0.3, -0.25) is 14.5 Å². The average Bonchev–Trinajstić information content (AvgIpc) is 3.34. The molecule has 2 aromatic rings. The van der Waals surface area contributed by atoms with Crippen LogP contribution in [0.3, 0.4) is 0 Å². The fourth-order valence-corrected chi connectivity index (χ4v) is 4.74. The second-order valence-corrected chi connectivity index (χ2v) is 10.2. The Morgan fingerprint density at radius 2 is 1.78 bits per heavy atom. The van der Waals surface area contributed by atoms with Crippen molar-refractivity contribution in [1.82, 2.24) is 14.8 Å². The van der Waals surface area contributed by atoms with E-state index in [2.05, 4.69) is 30.9 Å². The van der Waals surface area contributed by atoms with Crippen molar-refractivity contribution in [1.29, 1.82) is 0 Å². The second-order valence-electron chi connectivity index (χ2n) is 10.2. The molecule has 2 heterocycles. The van der Waals surface area contributed by atoms with Crippen molar-refractivity contribution in [3.63, 3.8) is 0 Å². The largest absolute Gasteiger partial charge is 0.379 e. The van der Waals surface area contributed by atoms with E-state index in [0.29, 0.717) is 32.7 Å². The van der Waals surface area contributed by atoms with Crippen molar-refractivity contribution in [3.8, 4) is 0 Å². The first-order chi connectivity index (χ1) is 17.7. The second kappa shape index (κ2) is 12.0. The highest BCUT2D eigenvalue weighted by Gasteiger charge is 2.35. The Labute approximate surface area is 218 Å².